The minimum atomic E-state index is -1.27. The lowest BCUT2D eigenvalue weighted by Gasteiger charge is -2.23. The van der Waals surface area contributed by atoms with Crippen molar-refractivity contribution in [2.24, 2.45) is 0 Å². The van der Waals surface area contributed by atoms with Crippen molar-refractivity contribution in [2.75, 3.05) is 13.2 Å². The quantitative estimate of drug-likeness (QED) is 0.807. The van der Waals surface area contributed by atoms with Gasteiger partial charge in [0.05, 0.1) is 12.3 Å². The highest BCUT2D eigenvalue weighted by atomic mass is 16.5. The normalized spacial score (nSPS) is 21.9. The van der Waals surface area contributed by atoms with E-state index in [1.165, 1.54) is 0 Å². The molecule has 1 aliphatic heterocycles. The zero-order valence-corrected chi connectivity index (χ0v) is 11.7. The number of ether oxygens (including phenoxy) is 1. The molecule has 0 aromatic carbocycles. The molecular formula is C13H19N3O4. The third-order valence-corrected chi connectivity index (χ3v) is 3.46. The first-order chi connectivity index (χ1) is 9.43. The Labute approximate surface area is 116 Å². The van der Waals surface area contributed by atoms with Crippen LogP contribution in [-0.2, 0) is 20.9 Å². The summed E-state index contributed by atoms with van der Waals surface area (Å²) in [5, 5.41) is 16.1. The van der Waals surface area contributed by atoms with Gasteiger partial charge in [-0.1, -0.05) is 0 Å². The number of carboxylic acids is 1. The number of aryl methyl sites for hydroxylation is 3. The SMILES string of the molecule is Cc1cc(C)n(CCC(=O)NC2(C(=O)O)CCOC2)n1. The van der Waals surface area contributed by atoms with Crippen LogP contribution in [0.2, 0.25) is 0 Å². The predicted molar refractivity (Wildman–Crippen MR) is 70.3 cm³/mol. The maximum atomic E-state index is 11.9. The molecule has 1 saturated heterocycles. The van der Waals surface area contributed by atoms with Crippen molar-refractivity contribution in [3.05, 3.63) is 17.5 Å². The van der Waals surface area contributed by atoms with Gasteiger partial charge in [0, 0.05) is 31.7 Å². The topological polar surface area (TPSA) is 93.5 Å². The molecule has 1 aliphatic rings. The summed E-state index contributed by atoms with van der Waals surface area (Å²) in [5.74, 6) is -1.35. The number of amides is 1. The molecule has 0 bridgehead atoms. The summed E-state index contributed by atoms with van der Waals surface area (Å²) in [6, 6.07) is 1.93. The molecule has 2 N–H and O–H groups in total. The van der Waals surface area contributed by atoms with Crippen molar-refractivity contribution in [1.82, 2.24) is 15.1 Å². The molecule has 20 heavy (non-hydrogen) atoms. The lowest BCUT2D eigenvalue weighted by atomic mass is 9.99. The van der Waals surface area contributed by atoms with Gasteiger partial charge < -0.3 is 15.2 Å². The second kappa shape index (κ2) is 5.62. The summed E-state index contributed by atoms with van der Waals surface area (Å²) in [5.41, 5.74) is 0.605. The van der Waals surface area contributed by atoms with Gasteiger partial charge in [0.2, 0.25) is 5.91 Å². The Balaban J connectivity index is 1.92. The van der Waals surface area contributed by atoms with E-state index in [2.05, 4.69) is 10.4 Å². The van der Waals surface area contributed by atoms with E-state index in [-0.39, 0.29) is 18.9 Å². The number of carbonyl (C=O) groups is 2. The second-order valence-corrected chi connectivity index (χ2v) is 5.14. The van der Waals surface area contributed by atoms with E-state index in [0.717, 1.165) is 11.4 Å². The Morgan fingerprint density at radius 2 is 2.30 bits per heavy atom. The molecule has 2 heterocycles. The van der Waals surface area contributed by atoms with E-state index in [4.69, 9.17) is 4.74 Å². The number of carbonyl (C=O) groups excluding carboxylic acids is 1. The molecule has 7 nitrogen and oxygen atoms in total. The van der Waals surface area contributed by atoms with Crippen LogP contribution in [0.25, 0.3) is 0 Å². The van der Waals surface area contributed by atoms with Crippen molar-refractivity contribution in [3.8, 4) is 0 Å². The molecule has 1 amide bonds. The van der Waals surface area contributed by atoms with Crippen molar-refractivity contribution in [1.29, 1.82) is 0 Å². The van der Waals surface area contributed by atoms with Crippen LogP contribution in [0.5, 0.6) is 0 Å². The zero-order valence-electron chi connectivity index (χ0n) is 11.7. The molecular weight excluding hydrogens is 262 g/mol. The van der Waals surface area contributed by atoms with Crippen LogP contribution < -0.4 is 5.32 Å². The van der Waals surface area contributed by atoms with Gasteiger partial charge in [-0.15, -0.1) is 0 Å². The van der Waals surface area contributed by atoms with Gasteiger partial charge in [0.15, 0.2) is 5.54 Å². The van der Waals surface area contributed by atoms with E-state index in [1.54, 1.807) is 4.68 Å². The minimum absolute atomic E-state index is 0.0218. The van der Waals surface area contributed by atoms with Gasteiger partial charge in [-0.05, 0) is 19.9 Å². The lowest BCUT2D eigenvalue weighted by Crippen LogP contribution is -2.55. The number of aliphatic carboxylic acids is 1. The summed E-state index contributed by atoms with van der Waals surface area (Å²) >= 11 is 0. The van der Waals surface area contributed by atoms with Crippen molar-refractivity contribution in [2.45, 2.75) is 38.8 Å². The summed E-state index contributed by atoms with van der Waals surface area (Å²) in [7, 11) is 0. The lowest BCUT2D eigenvalue weighted by molar-refractivity contribution is -0.147. The highest BCUT2D eigenvalue weighted by Crippen LogP contribution is 2.19. The van der Waals surface area contributed by atoms with Crippen molar-refractivity contribution >= 4 is 11.9 Å². The van der Waals surface area contributed by atoms with Crippen molar-refractivity contribution in [3.63, 3.8) is 0 Å². The Kier molecular flexibility index (Phi) is 4.08. The number of carboxylic acid groups (broad SMARTS) is 1. The summed E-state index contributed by atoms with van der Waals surface area (Å²) in [6.07, 6.45) is 0.491. The van der Waals surface area contributed by atoms with Gasteiger partial charge in [-0.3, -0.25) is 9.48 Å². The zero-order chi connectivity index (χ0) is 14.8. The average molecular weight is 281 g/mol. The van der Waals surface area contributed by atoms with Crippen LogP contribution >= 0.6 is 0 Å². The standard InChI is InChI=1S/C13H19N3O4/c1-9-7-10(2)16(15-9)5-3-11(17)14-13(12(18)19)4-6-20-8-13/h7H,3-6,8H2,1-2H3,(H,14,17)(H,18,19). The molecule has 0 saturated carbocycles. The number of nitrogens with zero attached hydrogens (tertiary/aromatic N) is 2. The van der Waals surface area contributed by atoms with Gasteiger partial charge in [0.25, 0.3) is 0 Å². The maximum Gasteiger partial charge on any atom is 0.331 e. The smallest absolute Gasteiger partial charge is 0.331 e. The number of hydrogen-bond donors (Lipinski definition) is 2. The Morgan fingerprint density at radius 1 is 1.55 bits per heavy atom. The third-order valence-electron chi connectivity index (χ3n) is 3.46. The molecule has 110 valence electrons. The van der Waals surface area contributed by atoms with Crippen molar-refractivity contribution < 1.29 is 19.4 Å². The third kappa shape index (κ3) is 2.98. The maximum absolute atomic E-state index is 11.9. The highest BCUT2D eigenvalue weighted by Gasteiger charge is 2.43. The Morgan fingerprint density at radius 3 is 2.80 bits per heavy atom. The molecule has 1 fully saturated rings. The van der Waals surface area contributed by atoms with Crippen LogP contribution in [0, 0.1) is 13.8 Å². The Bertz CT molecular complexity index is 518. The molecule has 1 atom stereocenters. The fourth-order valence-electron chi connectivity index (χ4n) is 2.32. The molecule has 1 aromatic rings. The van der Waals surface area contributed by atoms with Gasteiger partial charge in [-0.25, -0.2) is 4.79 Å². The molecule has 0 spiro atoms. The molecule has 7 heteroatoms. The van der Waals surface area contributed by atoms with Crippen LogP contribution in [0.1, 0.15) is 24.2 Å². The number of rotatable bonds is 5. The van der Waals surface area contributed by atoms with Crippen LogP contribution in [-0.4, -0.2) is 45.5 Å². The van der Waals surface area contributed by atoms with Gasteiger partial charge >= 0.3 is 5.97 Å². The summed E-state index contributed by atoms with van der Waals surface area (Å²) in [4.78, 5) is 23.2. The largest absolute Gasteiger partial charge is 0.479 e. The highest BCUT2D eigenvalue weighted by molar-refractivity contribution is 5.87. The second-order valence-electron chi connectivity index (χ2n) is 5.14. The van der Waals surface area contributed by atoms with E-state index in [0.29, 0.717) is 19.6 Å². The van der Waals surface area contributed by atoms with Crippen LogP contribution in [0.4, 0.5) is 0 Å². The molecule has 1 aromatic heterocycles. The predicted octanol–water partition coefficient (Wildman–Crippen LogP) is 0.250. The number of aromatic nitrogens is 2. The average Bonchev–Trinajstić information content (AvgIpc) is 2.95. The fourth-order valence-corrected chi connectivity index (χ4v) is 2.32. The number of hydrogen-bond acceptors (Lipinski definition) is 4. The first-order valence-corrected chi connectivity index (χ1v) is 6.56. The van der Waals surface area contributed by atoms with Gasteiger partial charge in [-0.2, -0.15) is 5.10 Å². The molecule has 2 rings (SSSR count). The van der Waals surface area contributed by atoms with Crippen LogP contribution in [0.15, 0.2) is 6.07 Å². The van der Waals surface area contributed by atoms with Crippen LogP contribution in [0.3, 0.4) is 0 Å². The monoisotopic (exact) mass is 281 g/mol. The molecule has 0 radical (unpaired) electrons. The first-order valence-electron chi connectivity index (χ1n) is 6.56. The molecule has 0 aliphatic carbocycles. The fraction of sp³-hybridized carbons (Fsp3) is 0.615. The van der Waals surface area contributed by atoms with E-state index in [9.17, 15) is 14.7 Å². The Hall–Kier alpha value is -1.89. The van der Waals surface area contributed by atoms with E-state index < -0.39 is 11.5 Å². The summed E-state index contributed by atoms with van der Waals surface area (Å²) < 4.78 is 6.84. The summed E-state index contributed by atoms with van der Waals surface area (Å²) in [6.45, 7) is 4.61. The minimum Gasteiger partial charge on any atom is -0.479 e. The van der Waals surface area contributed by atoms with E-state index in [1.807, 2.05) is 19.9 Å². The van der Waals surface area contributed by atoms with Gasteiger partial charge in [0.1, 0.15) is 0 Å². The van der Waals surface area contributed by atoms with E-state index >= 15 is 0 Å². The first kappa shape index (κ1) is 14.5. The number of nitrogens with one attached hydrogen (secondary N) is 1. The molecule has 1 unspecified atom stereocenters.